The van der Waals surface area contributed by atoms with Gasteiger partial charge in [0.2, 0.25) is 5.91 Å². The topological polar surface area (TPSA) is 105 Å². The highest BCUT2D eigenvalue weighted by Gasteiger charge is 2.54. The number of furan rings is 1. The van der Waals surface area contributed by atoms with Crippen molar-refractivity contribution >= 4 is 17.7 Å². The summed E-state index contributed by atoms with van der Waals surface area (Å²) in [6.07, 6.45) is 3.56. The van der Waals surface area contributed by atoms with Gasteiger partial charge in [-0.1, -0.05) is 18.2 Å². The molecule has 186 valence electrons. The van der Waals surface area contributed by atoms with Gasteiger partial charge in [-0.2, -0.15) is 0 Å². The Hall–Kier alpha value is -4.05. The van der Waals surface area contributed by atoms with Gasteiger partial charge in [0.1, 0.15) is 17.6 Å². The van der Waals surface area contributed by atoms with Gasteiger partial charge >= 0.3 is 0 Å². The second kappa shape index (κ2) is 9.90. The zero-order chi connectivity index (χ0) is 25.1. The smallest absolute Gasteiger partial charge is 0.292 e. The summed E-state index contributed by atoms with van der Waals surface area (Å²) >= 11 is 0. The molecule has 1 atom stereocenters. The predicted octanol–water partition coefficient (Wildman–Crippen LogP) is 2.60. The molecule has 4 heterocycles. The molecule has 5 rings (SSSR count). The van der Waals surface area contributed by atoms with Crippen LogP contribution in [-0.2, 0) is 16.1 Å². The van der Waals surface area contributed by atoms with Crippen LogP contribution in [0.25, 0.3) is 0 Å². The number of hydrogen-bond acceptors (Lipinski definition) is 6. The number of carbonyl (C=O) groups is 3. The number of hydrogen-bond donors (Lipinski definition) is 1. The van der Waals surface area contributed by atoms with Gasteiger partial charge < -0.3 is 19.4 Å². The molecule has 1 aromatic carbocycles. The molecule has 2 saturated heterocycles. The van der Waals surface area contributed by atoms with Crippen LogP contribution in [0.3, 0.4) is 0 Å². The van der Waals surface area contributed by atoms with Crippen molar-refractivity contribution in [2.45, 2.75) is 31.2 Å². The first-order valence-electron chi connectivity index (χ1n) is 11.7. The van der Waals surface area contributed by atoms with Crippen molar-refractivity contribution in [1.29, 1.82) is 0 Å². The zero-order valence-corrected chi connectivity index (χ0v) is 19.4. The number of ether oxygens (including phenoxy) is 1. The number of nitrogens with one attached hydrogen (secondary N) is 1. The standard InChI is InChI=1S/C26H25FN4O5/c27-20-8-2-1-7-19(20)24(33)30-13-10-26(11-14-30)31(25(34)22-9-5-15-35-22)21(17-36-26)23(32)29-16-18-6-3-4-12-28-18/h1-9,12,15,21H,10-11,13-14,16-17H2,(H,29,32). The van der Waals surface area contributed by atoms with Crippen molar-refractivity contribution in [3.63, 3.8) is 0 Å². The van der Waals surface area contributed by atoms with Crippen LogP contribution in [0.15, 0.2) is 71.5 Å². The van der Waals surface area contributed by atoms with Crippen LogP contribution in [0.5, 0.6) is 0 Å². The van der Waals surface area contributed by atoms with E-state index in [1.165, 1.54) is 40.3 Å². The Morgan fingerprint density at radius 2 is 1.81 bits per heavy atom. The van der Waals surface area contributed by atoms with Crippen LogP contribution in [0.1, 0.15) is 39.4 Å². The molecule has 10 heteroatoms. The number of benzene rings is 1. The molecule has 1 N–H and O–H groups in total. The maximum absolute atomic E-state index is 14.2. The molecule has 0 radical (unpaired) electrons. The minimum Gasteiger partial charge on any atom is -0.459 e. The number of likely N-dealkylation sites (tertiary alicyclic amines) is 1. The molecule has 2 fully saturated rings. The number of aromatic nitrogens is 1. The highest BCUT2D eigenvalue weighted by atomic mass is 19.1. The molecule has 2 aliphatic heterocycles. The van der Waals surface area contributed by atoms with Crippen molar-refractivity contribution in [3.8, 4) is 0 Å². The average molecular weight is 493 g/mol. The lowest BCUT2D eigenvalue weighted by atomic mass is 9.96. The van der Waals surface area contributed by atoms with E-state index < -0.39 is 29.4 Å². The fourth-order valence-electron chi connectivity index (χ4n) is 4.75. The molecule has 2 aliphatic rings. The second-order valence-corrected chi connectivity index (χ2v) is 8.74. The Balaban J connectivity index is 1.34. The number of piperidine rings is 1. The summed E-state index contributed by atoms with van der Waals surface area (Å²) in [6, 6.07) is 13.5. The fraction of sp³-hybridized carbons (Fsp3) is 0.308. The van der Waals surface area contributed by atoms with Crippen molar-refractivity contribution in [1.82, 2.24) is 20.1 Å². The summed E-state index contributed by atoms with van der Waals surface area (Å²) in [5.74, 6) is -1.76. The number of pyridine rings is 1. The van der Waals surface area contributed by atoms with Crippen molar-refractivity contribution in [2.75, 3.05) is 19.7 Å². The summed E-state index contributed by atoms with van der Waals surface area (Å²) < 4.78 is 25.6. The number of halogens is 1. The second-order valence-electron chi connectivity index (χ2n) is 8.74. The van der Waals surface area contributed by atoms with Crippen LogP contribution in [0.4, 0.5) is 4.39 Å². The molecule has 9 nitrogen and oxygen atoms in total. The molecule has 3 amide bonds. The quantitative estimate of drug-likeness (QED) is 0.587. The maximum atomic E-state index is 14.2. The predicted molar refractivity (Wildman–Crippen MR) is 125 cm³/mol. The lowest BCUT2D eigenvalue weighted by Gasteiger charge is -2.44. The van der Waals surface area contributed by atoms with Gasteiger partial charge in [-0.3, -0.25) is 24.3 Å². The molecule has 1 spiro atoms. The highest BCUT2D eigenvalue weighted by molar-refractivity contribution is 5.97. The SMILES string of the molecule is O=C(NCc1ccccn1)C1COC2(CCN(C(=O)c3ccccc3F)CC2)N1C(=O)c1ccco1. The van der Waals surface area contributed by atoms with Gasteiger partial charge in [-0.05, 0) is 36.4 Å². The van der Waals surface area contributed by atoms with Crippen LogP contribution < -0.4 is 5.32 Å². The van der Waals surface area contributed by atoms with Crippen molar-refractivity contribution < 1.29 is 27.9 Å². The van der Waals surface area contributed by atoms with E-state index in [0.717, 1.165) is 0 Å². The Morgan fingerprint density at radius 1 is 1.03 bits per heavy atom. The molecule has 0 aliphatic carbocycles. The van der Waals surface area contributed by atoms with E-state index in [1.807, 2.05) is 6.07 Å². The number of rotatable bonds is 5. The van der Waals surface area contributed by atoms with Crippen LogP contribution >= 0.6 is 0 Å². The first-order chi connectivity index (χ1) is 17.5. The number of carbonyl (C=O) groups excluding carboxylic acids is 3. The summed E-state index contributed by atoms with van der Waals surface area (Å²) in [7, 11) is 0. The first kappa shape index (κ1) is 23.7. The summed E-state index contributed by atoms with van der Waals surface area (Å²) in [6.45, 7) is 0.674. The normalized spacial score (nSPS) is 18.9. The van der Waals surface area contributed by atoms with Crippen LogP contribution in [-0.4, -0.2) is 64.0 Å². The van der Waals surface area contributed by atoms with E-state index in [2.05, 4.69) is 10.3 Å². The number of amides is 3. The van der Waals surface area contributed by atoms with Crippen LogP contribution in [0, 0.1) is 5.82 Å². The molecular formula is C26H25FN4O5. The van der Waals surface area contributed by atoms with E-state index in [4.69, 9.17) is 9.15 Å². The maximum Gasteiger partial charge on any atom is 0.292 e. The number of nitrogens with zero attached hydrogens (tertiary/aromatic N) is 3. The Bertz CT molecular complexity index is 1240. The van der Waals surface area contributed by atoms with E-state index in [9.17, 15) is 18.8 Å². The molecule has 1 unspecified atom stereocenters. The molecule has 0 saturated carbocycles. The van der Waals surface area contributed by atoms with Crippen LogP contribution in [0.2, 0.25) is 0 Å². The first-order valence-corrected chi connectivity index (χ1v) is 11.7. The minimum atomic E-state index is -1.09. The Morgan fingerprint density at radius 3 is 2.50 bits per heavy atom. The van der Waals surface area contributed by atoms with Gasteiger partial charge in [0.15, 0.2) is 5.76 Å². The zero-order valence-electron chi connectivity index (χ0n) is 19.4. The monoisotopic (exact) mass is 492 g/mol. The highest BCUT2D eigenvalue weighted by Crippen LogP contribution is 2.39. The largest absolute Gasteiger partial charge is 0.459 e. The lowest BCUT2D eigenvalue weighted by molar-refractivity contribution is -0.128. The van der Waals surface area contributed by atoms with E-state index in [0.29, 0.717) is 5.69 Å². The Labute approximate surface area is 206 Å². The fourth-order valence-corrected chi connectivity index (χ4v) is 4.75. The molecule has 3 aromatic rings. The van der Waals surface area contributed by atoms with E-state index >= 15 is 0 Å². The van der Waals surface area contributed by atoms with Gasteiger partial charge in [-0.25, -0.2) is 4.39 Å². The van der Waals surface area contributed by atoms with E-state index in [-0.39, 0.29) is 56.3 Å². The molecule has 36 heavy (non-hydrogen) atoms. The van der Waals surface area contributed by atoms with E-state index in [1.54, 1.807) is 30.5 Å². The summed E-state index contributed by atoms with van der Waals surface area (Å²) in [4.78, 5) is 46.7. The summed E-state index contributed by atoms with van der Waals surface area (Å²) in [5, 5.41) is 2.84. The van der Waals surface area contributed by atoms with Crippen molar-refractivity contribution in [3.05, 3.63) is 89.9 Å². The molecule has 0 bridgehead atoms. The Kier molecular flexibility index (Phi) is 6.51. The van der Waals surface area contributed by atoms with Gasteiger partial charge in [0, 0.05) is 32.1 Å². The third kappa shape index (κ3) is 4.47. The molecular weight excluding hydrogens is 467 g/mol. The summed E-state index contributed by atoms with van der Waals surface area (Å²) in [5.41, 5.74) is -0.414. The van der Waals surface area contributed by atoms with Gasteiger partial charge in [0.25, 0.3) is 11.8 Å². The lowest BCUT2D eigenvalue weighted by Crippen LogP contribution is -2.59. The van der Waals surface area contributed by atoms with Gasteiger partial charge in [-0.15, -0.1) is 0 Å². The van der Waals surface area contributed by atoms with Gasteiger partial charge in [0.05, 0.1) is 30.7 Å². The minimum absolute atomic E-state index is 0.00175. The average Bonchev–Trinajstić information content (AvgIpc) is 3.57. The third-order valence-corrected chi connectivity index (χ3v) is 6.62. The third-order valence-electron chi connectivity index (χ3n) is 6.62. The van der Waals surface area contributed by atoms with Crippen molar-refractivity contribution in [2.24, 2.45) is 0 Å². The molecule has 2 aromatic heterocycles.